The maximum absolute atomic E-state index is 13.3. The summed E-state index contributed by atoms with van der Waals surface area (Å²) in [6, 6.07) is 12.8. The SMILES string of the molecule is Cn1cc(C(=O)NCc2ccccn2)c(S(=O)(=O)N2CCN(c3cccc(Cl)c3)CC2)n1. The van der Waals surface area contributed by atoms with Gasteiger partial charge in [0.25, 0.3) is 15.9 Å². The van der Waals surface area contributed by atoms with Crippen molar-refractivity contribution in [1.29, 1.82) is 0 Å². The van der Waals surface area contributed by atoms with E-state index in [2.05, 4.69) is 20.3 Å². The molecule has 168 valence electrons. The van der Waals surface area contributed by atoms with E-state index in [1.807, 2.05) is 24.3 Å². The number of nitrogens with zero attached hydrogens (tertiary/aromatic N) is 5. The second kappa shape index (κ2) is 9.27. The number of anilines is 1. The van der Waals surface area contributed by atoms with Crippen LogP contribution in [-0.4, -0.2) is 59.6 Å². The third-order valence-electron chi connectivity index (χ3n) is 5.19. The Labute approximate surface area is 191 Å². The zero-order chi connectivity index (χ0) is 22.7. The fourth-order valence-corrected chi connectivity index (χ4v) is 5.29. The first kappa shape index (κ1) is 22.3. The Balaban J connectivity index is 1.48. The number of benzene rings is 1. The lowest BCUT2D eigenvalue weighted by Crippen LogP contribution is -2.49. The third-order valence-corrected chi connectivity index (χ3v) is 7.26. The molecule has 1 aromatic carbocycles. The Hall–Kier alpha value is -2.95. The van der Waals surface area contributed by atoms with Crippen LogP contribution in [0.5, 0.6) is 0 Å². The molecule has 0 aliphatic carbocycles. The van der Waals surface area contributed by atoms with Crippen molar-refractivity contribution in [3.63, 3.8) is 0 Å². The van der Waals surface area contributed by atoms with Crippen molar-refractivity contribution in [2.75, 3.05) is 31.1 Å². The highest BCUT2D eigenvalue weighted by Gasteiger charge is 2.34. The summed E-state index contributed by atoms with van der Waals surface area (Å²) in [4.78, 5) is 19.0. The highest BCUT2D eigenvalue weighted by molar-refractivity contribution is 7.89. The summed E-state index contributed by atoms with van der Waals surface area (Å²) in [7, 11) is -2.35. The van der Waals surface area contributed by atoms with Gasteiger partial charge in [0.2, 0.25) is 5.03 Å². The molecule has 1 amide bonds. The van der Waals surface area contributed by atoms with Crippen LogP contribution in [0.4, 0.5) is 5.69 Å². The highest BCUT2D eigenvalue weighted by Crippen LogP contribution is 2.24. The van der Waals surface area contributed by atoms with Gasteiger partial charge in [-0.15, -0.1) is 0 Å². The number of amides is 1. The average molecular weight is 475 g/mol. The maximum Gasteiger partial charge on any atom is 0.263 e. The maximum atomic E-state index is 13.3. The molecule has 1 fully saturated rings. The summed E-state index contributed by atoms with van der Waals surface area (Å²) in [5.74, 6) is -0.514. The third kappa shape index (κ3) is 4.77. The number of pyridine rings is 1. The number of hydrogen-bond donors (Lipinski definition) is 1. The molecule has 3 heterocycles. The number of aromatic nitrogens is 3. The van der Waals surface area contributed by atoms with E-state index in [0.29, 0.717) is 23.8 Å². The van der Waals surface area contributed by atoms with Crippen molar-refractivity contribution < 1.29 is 13.2 Å². The van der Waals surface area contributed by atoms with Crippen LogP contribution in [0.25, 0.3) is 0 Å². The van der Waals surface area contributed by atoms with Gasteiger partial charge in [-0.25, -0.2) is 8.42 Å². The van der Waals surface area contributed by atoms with Crippen LogP contribution in [-0.2, 0) is 23.6 Å². The van der Waals surface area contributed by atoms with E-state index in [9.17, 15) is 13.2 Å². The van der Waals surface area contributed by atoms with Crippen molar-refractivity contribution in [2.24, 2.45) is 7.05 Å². The molecule has 2 aromatic heterocycles. The summed E-state index contributed by atoms with van der Waals surface area (Å²) in [6.45, 7) is 1.76. The van der Waals surface area contributed by atoms with Crippen LogP contribution < -0.4 is 10.2 Å². The Morgan fingerprint density at radius 1 is 1.12 bits per heavy atom. The minimum Gasteiger partial charge on any atom is -0.369 e. The predicted octanol–water partition coefficient (Wildman–Crippen LogP) is 1.91. The van der Waals surface area contributed by atoms with E-state index in [0.717, 1.165) is 5.69 Å². The lowest BCUT2D eigenvalue weighted by molar-refractivity contribution is 0.0947. The second-order valence-electron chi connectivity index (χ2n) is 7.40. The molecule has 3 aromatic rings. The molecule has 0 atom stereocenters. The standard InChI is InChI=1S/C21H23ClN6O3S/c1-26-15-19(20(29)24-14-17-6-2-3-8-23-17)21(25-26)32(30,31)28-11-9-27(10-12-28)18-7-4-5-16(22)13-18/h2-8,13,15H,9-12,14H2,1H3,(H,24,29). The number of aryl methyl sites for hydroxylation is 1. The second-order valence-corrected chi connectivity index (χ2v) is 9.69. The van der Waals surface area contributed by atoms with E-state index in [4.69, 9.17) is 11.6 Å². The molecular formula is C21H23ClN6O3S. The number of sulfonamides is 1. The van der Waals surface area contributed by atoms with Crippen molar-refractivity contribution >= 4 is 33.2 Å². The molecule has 1 aliphatic heterocycles. The van der Waals surface area contributed by atoms with Gasteiger partial charge in [-0.1, -0.05) is 23.7 Å². The number of rotatable bonds is 6. The van der Waals surface area contributed by atoms with Gasteiger partial charge in [0.1, 0.15) is 0 Å². The van der Waals surface area contributed by atoms with Gasteiger partial charge in [0.15, 0.2) is 0 Å². The van der Waals surface area contributed by atoms with E-state index in [1.54, 1.807) is 31.4 Å². The first-order valence-electron chi connectivity index (χ1n) is 10.1. The summed E-state index contributed by atoms with van der Waals surface area (Å²) in [5.41, 5.74) is 1.63. The number of carbonyl (C=O) groups excluding carboxylic acids is 1. The molecule has 4 rings (SSSR count). The van der Waals surface area contributed by atoms with Crippen molar-refractivity contribution in [1.82, 2.24) is 24.4 Å². The monoisotopic (exact) mass is 474 g/mol. The van der Waals surface area contributed by atoms with Gasteiger partial charge in [0, 0.05) is 56.3 Å². The van der Waals surface area contributed by atoms with Crippen LogP contribution in [0.3, 0.4) is 0 Å². The minimum absolute atomic E-state index is 0.0145. The van der Waals surface area contributed by atoms with Crippen LogP contribution >= 0.6 is 11.6 Å². The molecule has 32 heavy (non-hydrogen) atoms. The Morgan fingerprint density at radius 2 is 1.91 bits per heavy atom. The first-order valence-corrected chi connectivity index (χ1v) is 11.9. The van der Waals surface area contributed by atoms with Crippen molar-refractivity contribution in [3.05, 3.63) is 71.1 Å². The lowest BCUT2D eigenvalue weighted by atomic mass is 10.2. The van der Waals surface area contributed by atoms with E-state index < -0.39 is 15.9 Å². The van der Waals surface area contributed by atoms with Gasteiger partial charge in [-0.2, -0.15) is 9.40 Å². The van der Waals surface area contributed by atoms with E-state index in [1.165, 1.54) is 15.2 Å². The van der Waals surface area contributed by atoms with Crippen LogP contribution in [0, 0.1) is 0 Å². The lowest BCUT2D eigenvalue weighted by Gasteiger charge is -2.35. The summed E-state index contributed by atoms with van der Waals surface area (Å²) in [6.07, 6.45) is 3.05. The van der Waals surface area contributed by atoms with Gasteiger partial charge in [-0.05, 0) is 30.3 Å². The van der Waals surface area contributed by atoms with Crippen molar-refractivity contribution in [2.45, 2.75) is 11.6 Å². The Bertz CT molecular complexity index is 1210. The van der Waals surface area contributed by atoms with Crippen LogP contribution in [0.15, 0.2) is 59.9 Å². The first-order chi connectivity index (χ1) is 15.3. The van der Waals surface area contributed by atoms with E-state index in [-0.39, 0.29) is 30.2 Å². The number of nitrogens with one attached hydrogen (secondary N) is 1. The zero-order valence-electron chi connectivity index (χ0n) is 17.5. The molecule has 9 nitrogen and oxygen atoms in total. The van der Waals surface area contributed by atoms with E-state index >= 15 is 0 Å². The van der Waals surface area contributed by atoms with Crippen LogP contribution in [0.2, 0.25) is 5.02 Å². The molecule has 1 saturated heterocycles. The molecule has 1 N–H and O–H groups in total. The number of piperazine rings is 1. The molecule has 0 unspecified atom stereocenters. The summed E-state index contributed by atoms with van der Waals surface area (Å²) >= 11 is 6.07. The zero-order valence-corrected chi connectivity index (χ0v) is 19.1. The molecule has 0 radical (unpaired) electrons. The topological polar surface area (TPSA) is 100 Å². The Morgan fingerprint density at radius 3 is 2.59 bits per heavy atom. The summed E-state index contributed by atoms with van der Waals surface area (Å²) < 4.78 is 29.3. The molecular weight excluding hydrogens is 452 g/mol. The quantitative estimate of drug-likeness (QED) is 0.585. The number of carbonyl (C=O) groups is 1. The van der Waals surface area contributed by atoms with Gasteiger partial charge in [-0.3, -0.25) is 14.5 Å². The minimum atomic E-state index is -3.94. The van der Waals surface area contributed by atoms with Crippen molar-refractivity contribution in [3.8, 4) is 0 Å². The van der Waals surface area contributed by atoms with Gasteiger partial charge >= 0.3 is 0 Å². The number of halogens is 1. The highest BCUT2D eigenvalue weighted by atomic mass is 35.5. The largest absolute Gasteiger partial charge is 0.369 e. The molecule has 1 aliphatic rings. The fraction of sp³-hybridized carbons (Fsp3) is 0.286. The van der Waals surface area contributed by atoms with Gasteiger partial charge < -0.3 is 10.2 Å². The predicted molar refractivity (Wildman–Crippen MR) is 121 cm³/mol. The normalized spacial score (nSPS) is 15.0. The van der Waals surface area contributed by atoms with Crippen LogP contribution in [0.1, 0.15) is 16.1 Å². The molecule has 11 heteroatoms. The smallest absolute Gasteiger partial charge is 0.263 e. The fourth-order valence-electron chi connectivity index (χ4n) is 3.56. The summed E-state index contributed by atoms with van der Waals surface area (Å²) in [5, 5.41) is 7.21. The number of hydrogen-bond acceptors (Lipinski definition) is 6. The molecule has 0 bridgehead atoms. The average Bonchev–Trinajstić information content (AvgIpc) is 3.21. The Kier molecular flexibility index (Phi) is 6.45. The van der Waals surface area contributed by atoms with Gasteiger partial charge in [0.05, 0.1) is 17.8 Å². The molecule has 0 saturated carbocycles. The molecule has 0 spiro atoms.